The lowest BCUT2D eigenvalue weighted by Gasteiger charge is -2.08. The molecule has 0 radical (unpaired) electrons. The van der Waals surface area contributed by atoms with Crippen molar-refractivity contribution in [2.45, 2.75) is 70.8 Å². The van der Waals surface area contributed by atoms with Gasteiger partial charge in [0.25, 0.3) is 0 Å². The topological polar surface area (TPSA) is 415 Å². The van der Waals surface area contributed by atoms with E-state index in [9.17, 15) is 0 Å². The Bertz CT molecular complexity index is 7080. The number of aromatic nitrogens is 10. The number of aliphatic hydroxyl groups excluding tert-OH is 4. The number of aliphatic hydroxyl groups is 4. The van der Waals surface area contributed by atoms with Gasteiger partial charge in [-0.2, -0.15) is 0 Å². The fourth-order valence-electron chi connectivity index (χ4n) is 15.4. The number of furan rings is 11. The molecule has 0 unspecified atom stereocenters. The van der Waals surface area contributed by atoms with Gasteiger partial charge in [0, 0.05) is 80.4 Å². The lowest BCUT2D eigenvalue weighted by molar-refractivity contribution is 0.282. The summed E-state index contributed by atoms with van der Waals surface area (Å²) in [5, 5.41) is 56.7. The highest BCUT2D eigenvalue weighted by molar-refractivity contribution is 6.10. The third kappa shape index (κ3) is 21.0. The van der Waals surface area contributed by atoms with Gasteiger partial charge >= 0.3 is 0 Å². The molecule has 0 aliphatic rings. The molecule has 0 aliphatic heterocycles. The number of nitrogens with zero attached hydrogens (tertiary/aromatic N) is 10. The number of nitrogens with one attached hydrogen (secondary N) is 5. The molecule has 0 fully saturated rings. The molecule has 30 nitrogen and oxygen atoms in total. The third-order valence-electron chi connectivity index (χ3n) is 21.5. The van der Waals surface area contributed by atoms with E-state index in [0.29, 0.717) is 130 Å². The molecule has 30 heteroatoms. The number of unbranched alkanes of at least 4 members (excludes halogenated alkanes) is 6. The molecule has 0 atom stereocenters. The van der Waals surface area contributed by atoms with Crippen molar-refractivity contribution in [3.05, 3.63) is 299 Å². The monoisotopic (exact) mass is 1780 g/mol. The van der Waals surface area contributed by atoms with E-state index in [1.54, 1.807) is 37.6 Å². The van der Waals surface area contributed by atoms with Crippen molar-refractivity contribution in [1.82, 2.24) is 49.8 Å². The van der Waals surface area contributed by atoms with Crippen LogP contribution in [0.25, 0.3) is 169 Å². The SMILES string of the molecule is OCCCCCCNc1ncnc2oc(-c3ccco3)c(-c3ccccc3)c12.OCCCCCNc1ncnc2oc(-c3ccco3)c(-c3ccccc3)c12.OCCCCNc1ncnc2oc(-c3ccco3)c(-c3ccccc3)c12.OCCCNc1ncnc2oc(-c3ccco3)c(-c3ccccc3)c12.c1ccc(-c2c(-c3ccco3)oc3ncnc(NCc4ccco4)c23)cc1. The Balaban J connectivity index is 0.000000116. The highest BCUT2D eigenvalue weighted by atomic mass is 16.4. The van der Waals surface area contributed by atoms with E-state index in [1.165, 1.54) is 31.6 Å². The zero-order valence-corrected chi connectivity index (χ0v) is 72.4. The first-order valence-corrected chi connectivity index (χ1v) is 43.9. The first-order chi connectivity index (χ1) is 65.9. The Morgan fingerprint density at radius 2 is 0.436 bits per heavy atom. The molecule has 0 saturated heterocycles. The number of benzene rings is 5. The van der Waals surface area contributed by atoms with Gasteiger partial charge < -0.3 is 95.6 Å². The van der Waals surface area contributed by atoms with E-state index in [2.05, 4.69) is 76.4 Å². The molecule has 9 N–H and O–H groups in total. The van der Waals surface area contributed by atoms with Crippen LogP contribution in [-0.2, 0) is 6.54 Å². The van der Waals surface area contributed by atoms with Crippen LogP contribution in [-0.4, -0.2) is 123 Å². The fraction of sp³-hybridized carbons (Fsp3) is 0.184. The molecule has 0 amide bonds. The van der Waals surface area contributed by atoms with Crippen molar-refractivity contribution in [2.24, 2.45) is 0 Å². The van der Waals surface area contributed by atoms with Gasteiger partial charge in [-0.3, -0.25) is 0 Å². The van der Waals surface area contributed by atoms with Crippen LogP contribution in [0.3, 0.4) is 0 Å². The molecule has 0 saturated carbocycles. The summed E-state index contributed by atoms with van der Waals surface area (Å²) >= 11 is 0. The molecular formula is C103H95N15O15. The van der Waals surface area contributed by atoms with Crippen LogP contribution >= 0.6 is 0 Å². The molecule has 16 heterocycles. The zero-order valence-electron chi connectivity index (χ0n) is 72.4. The summed E-state index contributed by atoms with van der Waals surface area (Å²) in [4.78, 5) is 43.7. The van der Waals surface area contributed by atoms with E-state index in [-0.39, 0.29) is 26.4 Å². The molecule has 672 valence electrons. The Hall–Kier alpha value is -16.3. The van der Waals surface area contributed by atoms with Crippen LogP contribution in [0.4, 0.5) is 29.1 Å². The van der Waals surface area contributed by atoms with E-state index in [1.807, 2.05) is 224 Å². The van der Waals surface area contributed by atoms with Crippen LogP contribution in [0.5, 0.6) is 0 Å². The molecule has 5 aromatic carbocycles. The molecule has 21 rings (SSSR count). The average Bonchev–Trinajstić information content (AvgIpc) is 1.64. The zero-order chi connectivity index (χ0) is 90.5. The molecule has 133 heavy (non-hydrogen) atoms. The molecule has 0 spiro atoms. The second-order valence-corrected chi connectivity index (χ2v) is 30.3. The van der Waals surface area contributed by atoms with Crippen molar-refractivity contribution < 1.29 is 69.0 Å². The van der Waals surface area contributed by atoms with Gasteiger partial charge in [0.05, 0.1) is 71.1 Å². The first kappa shape index (κ1) is 88.7. The summed E-state index contributed by atoms with van der Waals surface area (Å²) in [7, 11) is 0. The summed E-state index contributed by atoms with van der Waals surface area (Å²) in [6.45, 7) is 4.18. The van der Waals surface area contributed by atoms with Gasteiger partial charge in [-0.15, -0.1) is 0 Å². The van der Waals surface area contributed by atoms with Crippen LogP contribution in [0.1, 0.15) is 70.0 Å². The van der Waals surface area contributed by atoms with Gasteiger partial charge in [0.2, 0.25) is 28.6 Å². The van der Waals surface area contributed by atoms with Crippen LogP contribution in [0.2, 0.25) is 0 Å². The van der Waals surface area contributed by atoms with Gasteiger partial charge in [-0.05, 0) is 152 Å². The van der Waals surface area contributed by atoms with Crippen LogP contribution in [0.15, 0.2) is 342 Å². The lowest BCUT2D eigenvalue weighted by Crippen LogP contribution is -2.05. The summed E-state index contributed by atoms with van der Waals surface area (Å²) < 4.78 is 63.6. The van der Waals surface area contributed by atoms with Crippen LogP contribution < -0.4 is 26.6 Å². The number of hydrogen-bond donors (Lipinski definition) is 9. The van der Waals surface area contributed by atoms with E-state index >= 15 is 0 Å². The largest absolute Gasteiger partial charge is 0.467 e. The Morgan fingerprint density at radius 1 is 0.211 bits per heavy atom. The van der Waals surface area contributed by atoms with Gasteiger partial charge in [0.1, 0.15) is 66.5 Å². The number of hydrogen-bond acceptors (Lipinski definition) is 30. The normalized spacial score (nSPS) is 11.1. The maximum Gasteiger partial charge on any atom is 0.232 e. The highest BCUT2D eigenvalue weighted by Crippen LogP contribution is 2.49. The summed E-state index contributed by atoms with van der Waals surface area (Å²) in [5.41, 5.74) is 12.1. The average molecular weight is 1780 g/mol. The van der Waals surface area contributed by atoms with Crippen molar-refractivity contribution in [1.29, 1.82) is 0 Å². The predicted molar refractivity (Wildman–Crippen MR) is 509 cm³/mol. The Morgan fingerprint density at radius 3 is 0.684 bits per heavy atom. The van der Waals surface area contributed by atoms with Crippen molar-refractivity contribution >= 4 is 84.6 Å². The Kier molecular flexibility index (Phi) is 29.8. The van der Waals surface area contributed by atoms with Gasteiger partial charge in [-0.1, -0.05) is 165 Å². The summed E-state index contributed by atoms with van der Waals surface area (Å²) in [6, 6.07) is 72.3. The number of fused-ring (bicyclic) bond motifs is 5. The van der Waals surface area contributed by atoms with E-state index < -0.39 is 0 Å². The van der Waals surface area contributed by atoms with Gasteiger partial charge in [0.15, 0.2) is 57.6 Å². The minimum Gasteiger partial charge on any atom is -0.467 e. The molecule has 0 aliphatic carbocycles. The summed E-state index contributed by atoms with van der Waals surface area (Å²) in [5.74, 6) is 10.8. The van der Waals surface area contributed by atoms with Gasteiger partial charge in [-0.25, -0.2) is 49.8 Å². The van der Waals surface area contributed by atoms with Crippen molar-refractivity contribution in [3.63, 3.8) is 0 Å². The summed E-state index contributed by atoms with van der Waals surface area (Å²) in [6.07, 6.45) is 26.1. The maximum absolute atomic E-state index is 9.02. The predicted octanol–water partition coefficient (Wildman–Crippen LogP) is 23.5. The third-order valence-corrected chi connectivity index (χ3v) is 21.5. The number of anilines is 5. The van der Waals surface area contributed by atoms with E-state index in [4.69, 9.17) is 69.0 Å². The molecule has 0 bridgehead atoms. The minimum absolute atomic E-state index is 0.121. The minimum atomic E-state index is 0.121. The van der Waals surface area contributed by atoms with Crippen molar-refractivity contribution in [2.75, 3.05) is 79.2 Å². The second-order valence-electron chi connectivity index (χ2n) is 30.3. The fourth-order valence-corrected chi connectivity index (χ4v) is 15.4. The van der Waals surface area contributed by atoms with E-state index in [0.717, 1.165) is 171 Å². The lowest BCUT2D eigenvalue weighted by atomic mass is 10.0. The van der Waals surface area contributed by atoms with Crippen molar-refractivity contribution in [3.8, 4) is 113 Å². The molecule has 16 aromatic heterocycles. The number of rotatable bonds is 35. The molecular weight excluding hydrogens is 1690 g/mol. The highest BCUT2D eigenvalue weighted by Gasteiger charge is 2.30. The second kappa shape index (κ2) is 44.6. The smallest absolute Gasteiger partial charge is 0.232 e. The maximum atomic E-state index is 9.02. The standard InChI is InChI=1S/C22H23N3O3.C21H15N3O3.C21H21N3O3.C20H19N3O3.C19H17N3O3/c26-13-7-2-1-6-12-23-21-19-18(16-9-4-3-5-10-16)20(17-11-8-14-27-17)28-22(19)25-15-24-21;1-2-6-14(7-3-1)17-18-20(22-12-15-8-4-10-25-15)23-13-24-21(18)27-19(17)16-9-5-11-26-16;25-12-6-2-5-11-22-20-18-17(15-8-3-1-4-9-15)19(16-10-7-13-26-16)27-21(18)24-14-23-20;24-11-5-4-10-21-19-17-16(14-7-2-1-3-8-14)18(15-9-6-12-25-15)26-20(17)23-13-22-19;23-10-5-9-20-18-16-15(13-6-2-1-3-7-13)17(14-8-4-11-24-14)25-19(16)22-12-21-18/h3-5,8-11,14-15,26H,1-2,6-7,12-13H2,(H,23,24,25);1-11,13H,12H2,(H,22,23,24);1,3-4,7-10,13-14,25H,2,5-6,11-12H2,(H,22,23,24);1-3,6-9,12-13,24H,4-5,10-11H2,(H,21,22,23);1-4,6-8,11-12,23H,5,9-10H2,(H,20,21,22). The Labute approximate surface area is 762 Å². The van der Waals surface area contributed by atoms with Crippen LogP contribution in [0, 0.1) is 0 Å². The quantitative estimate of drug-likeness (QED) is 0.0167. The molecule has 21 aromatic rings. The first-order valence-electron chi connectivity index (χ1n) is 43.9.